The zero-order valence-corrected chi connectivity index (χ0v) is 12.9. The van der Waals surface area contributed by atoms with Crippen molar-refractivity contribution >= 4 is 35.0 Å². The maximum absolute atomic E-state index is 12.9. The molecule has 0 saturated heterocycles. The Balaban J connectivity index is 4.14. The van der Waals surface area contributed by atoms with Crippen molar-refractivity contribution in [3.8, 4) is 0 Å². The summed E-state index contributed by atoms with van der Waals surface area (Å²) in [6.07, 6.45) is -11.6. The molecule has 0 aromatic heterocycles. The molecule has 0 fully saturated rings. The molecule has 0 aromatic carbocycles. The summed E-state index contributed by atoms with van der Waals surface area (Å²) in [6.45, 7) is -1.05. The second-order valence-corrected chi connectivity index (χ2v) is 5.40. The van der Waals surface area contributed by atoms with E-state index in [-0.39, 0.29) is 12.8 Å². The molecular formula is C10H10Cl2F8N2O2. The van der Waals surface area contributed by atoms with Gasteiger partial charge in [0.1, 0.15) is 0 Å². The molecule has 0 heterocycles. The van der Waals surface area contributed by atoms with E-state index in [0.717, 1.165) is 0 Å². The standard InChI is InChI=1S/C10H10Cl2F8N2O2/c11-7(13,9(15,16)17)5(23)21-3-1-2-4-22-6(24)8(12,14)10(18,19)20/h1-4H2,(H,21,23)(H,22,24)/t7-,8+. The second-order valence-electron chi connectivity index (χ2n) is 4.36. The van der Waals surface area contributed by atoms with Gasteiger partial charge < -0.3 is 10.6 Å². The summed E-state index contributed by atoms with van der Waals surface area (Å²) >= 11 is 8.83. The monoisotopic (exact) mass is 412 g/mol. The first-order valence-corrected chi connectivity index (χ1v) is 6.76. The molecular weight excluding hydrogens is 403 g/mol. The van der Waals surface area contributed by atoms with E-state index < -0.39 is 47.5 Å². The highest BCUT2D eigenvalue weighted by Crippen LogP contribution is 2.38. The number of alkyl halides is 10. The Labute approximate surface area is 139 Å². The molecule has 0 radical (unpaired) electrons. The number of amides is 2. The Morgan fingerprint density at radius 1 is 0.667 bits per heavy atom. The largest absolute Gasteiger partial charge is 0.446 e. The molecule has 24 heavy (non-hydrogen) atoms. The third-order valence-electron chi connectivity index (χ3n) is 2.46. The van der Waals surface area contributed by atoms with Crippen molar-refractivity contribution < 1.29 is 44.7 Å². The molecule has 2 amide bonds. The Kier molecular flexibility index (Phi) is 7.55. The molecule has 142 valence electrons. The highest BCUT2D eigenvalue weighted by atomic mass is 35.5. The van der Waals surface area contributed by atoms with Gasteiger partial charge in [0.2, 0.25) is 0 Å². The zero-order chi connectivity index (χ0) is 19.4. The van der Waals surface area contributed by atoms with Gasteiger partial charge in [-0.15, -0.1) is 0 Å². The van der Waals surface area contributed by atoms with Gasteiger partial charge in [-0.2, -0.15) is 26.3 Å². The van der Waals surface area contributed by atoms with E-state index in [1.807, 2.05) is 0 Å². The van der Waals surface area contributed by atoms with Crippen molar-refractivity contribution in [1.82, 2.24) is 10.6 Å². The first kappa shape index (κ1) is 23.0. The van der Waals surface area contributed by atoms with Crippen molar-refractivity contribution in [2.45, 2.75) is 35.5 Å². The molecule has 0 aromatic rings. The Morgan fingerprint density at radius 3 is 1.12 bits per heavy atom. The number of hydrogen-bond acceptors (Lipinski definition) is 2. The normalized spacial score (nSPS) is 17.6. The third kappa shape index (κ3) is 5.80. The number of rotatable bonds is 7. The SMILES string of the molecule is O=C(NCCCCNC(=O)[C@@](F)(Cl)C(F)(F)F)[C@](F)(Cl)C(F)(F)F. The minimum absolute atomic E-state index is 0.176. The van der Waals surface area contributed by atoms with Crippen molar-refractivity contribution in [3.05, 3.63) is 0 Å². The lowest BCUT2D eigenvalue weighted by Crippen LogP contribution is -2.50. The van der Waals surface area contributed by atoms with Crippen molar-refractivity contribution in [3.63, 3.8) is 0 Å². The average molecular weight is 413 g/mol. The molecule has 0 unspecified atom stereocenters. The van der Waals surface area contributed by atoms with Gasteiger partial charge in [-0.05, 0) is 12.8 Å². The fourth-order valence-electron chi connectivity index (χ4n) is 1.13. The average Bonchev–Trinajstić information content (AvgIpc) is 2.39. The third-order valence-corrected chi connectivity index (χ3v) is 3.23. The maximum Gasteiger partial charge on any atom is 0.446 e. The summed E-state index contributed by atoms with van der Waals surface area (Å²) in [6, 6.07) is 0. The van der Waals surface area contributed by atoms with Gasteiger partial charge in [0, 0.05) is 13.1 Å². The summed E-state index contributed by atoms with van der Waals surface area (Å²) in [5, 5.41) is -6.22. The number of carbonyl (C=O) groups is 2. The zero-order valence-electron chi connectivity index (χ0n) is 11.4. The number of carbonyl (C=O) groups excluding carboxylic acids is 2. The van der Waals surface area contributed by atoms with E-state index in [1.165, 1.54) is 10.6 Å². The first-order valence-electron chi connectivity index (χ1n) is 6.01. The lowest BCUT2D eigenvalue weighted by Gasteiger charge is -2.20. The van der Waals surface area contributed by atoms with Crippen molar-refractivity contribution in [2.75, 3.05) is 13.1 Å². The number of nitrogens with one attached hydrogen (secondary N) is 2. The maximum atomic E-state index is 12.9. The van der Waals surface area contributed by atoms with Crippen LogP contribution in [0.2, 0.25) is 0 Å². The van der Waals surface area contributed by atoms with E-state index in [9.17, 15) is 44.7 Å². The number of halogens is 10. The highest BCUT2D eigenvalue weighted by molar-refractivity contribution is 6.34. The van der Waals surface area contributed by atoms with Gasteiger partial charge in [0.25, 0.3) is 11.8 Å². The van der Waals surface area contributed by atoms with Crippen LogP contribution in [-0.2, 0) is 9.59 Å². The second kappa shape index (κ2) is 7.89. The van der Waals surface area contributed by atoms with E-state index in [2.05, 4.69) is 23.2 Å². The van der Waals surface area contributed by atoms with Gasteiger partial charge >= 0.3 is 22.6 Å². The molecule has 0 aliphatic heterocycles. The van der Waals surface area contributed by atoms with Crippen molar-refractivity contribution in [1.29, 1.82) is 0 Å². The van der Waals surface area contributed by atoms with Crippen LogP contribution in [0.25, 0.3) is 0 Å². The molecule has 0 spiro atoms. The quantitative estimate of drug-likeness (QED) is 0.383. The first-order chi connectivity index (χ1) is 10.5. The number of unbranched alkanes of at least 4 members (excludes halogenated alkanes) is 1. The van der Waals surface area contributed by atoms with E-state index in [4.69, 9.17) is 0 Å². The predicted molar refractivity (Wildman–Crippen MR) is 66.7 cm³/mol. The van der Waals surface area contributed by atoms with Crippen LogP contribution in [0.1, 0.15) is 12.8 Å². The summed E-state index contributed by atoms with van der Waals surface area (Å²) in [5.74, 6) is -4.33. The summed E-state index contributed by atoms with van der Waals surface area (Å²) < 4.78 is 98.2. The van der Waals surface area contributed by atoms with Crippen LogP contribution in [0.5, 0.6) is 0 Å². The Morgan fingerprint density at radius 2 is 0.917 bits per heavy atom. The fraction of sp³-hybridized carbons (Fsp3) is 0.800. The number of hydrogen-bond donors (Lipinski definition) is 2. The smallest absolute Gasteiger partial charge is 0.352 e. The van der Waals surface area contributed by atoms with E-state index in [1.54, 1.807) is 0 Å². The van der Waals surface area contributed by atoms with Gasteiger partial charge in [-0.3, -0.25) is 9.59 Å². The van der Waals surface area contributed by atoms with E-state index in [0.29, 0.717) is 0 Å². The molecule has 0 aliphatic carbocycles. The molecule has 4 nitrogen and oxygen atoms in total. The van der Waals surface area contributed by atoms with Gasteiger partial charge in [0.05, 0.1) is 0 Å². The summed E-state index contributed by atoms with van der Waals surface area (Å²) in [5.41, 5.74) is 0. The van der Waals surface area contributed by atoms with E-state index >= 15 is 0 Å². The molecule has 0 bridgehead atoms. The van der Waals surface area contributed by atoms with Crippen molar-refractivity contribution in [2.24, 2.45) is 0 Å². The minimum Gasteiger partial charge on any atom is -0.352 e. The lowest BCUT2D eigenvalue weighted by molar-refractivity contribution is -0.201. The van der Waals surface area contributed by atoms with Crippen LogP contribution in [-0.4, -0.2) is 47.5 Å². The van der Waals surface area contributed by atoms with Gasteiger partial charge in [-0.25, -0.2) is 8.78 Å². The van der Waals surface area contributed by atoms with Gasteiger partial charge in [0.15, 0.2) is 0 Å². The lowest BCUT2D eigenvalue weighted by atomic mass is 10.2. The molecule has 0 aliphatic rings. The highest BCUT2D eigenvalue weighted by Gasteiger charge is 2.61. The van der Waals surface area contributed by atoms with Gasteiger partial charge in [-0.1, -0.05) is 23.2 Å². The molecule has 2 atom stereocenters. The summed E-state index contributed by atoms with van der Waals surface area (Å²) in [4.78, 5) is 21.8. The molecule has 14 heteroatoms. The summed E-state index contributed by atoms with van der Waals surface area (Å²) in [7, 11) is 0. The Hall–Kier alpha value is -1.04. The minimum atomic E-state index is -5.64. The van der Waals surface area contributed by atoms with Crippen LogP contribution in [0, 0.1) is 0 Å². The van der Waals surface area contributed by atoms with Crippen LogP contribution >= 0.6 is 23.2 Å². The molecule has 2 N–H and O–H groups in total. The van der Waals surface area contributed by atoms with Crippen LogP contribution < -0.4 is 10.6 Å². The molecule has 0 rings (SSSR count). The van der Waals surface area contributed by atoms with Crippen LogP contribution in [0.4, 0.5) is 35.1 Å². The Bertz CT molecular complexity index is 423. The fourth-order valence-corrected chi connectivity index (χ4v) is 1.27. The predicted octanol–water partition coefficient (Wildman–Crippen LogP) is 2.93. The molecule has 0 saturated carbocycles. The topological polar surface area (TPSA) is 58.2 Å². The van der Waals surface area contributed by atoms with Crippen LogP contribution in [0.3, 0.4) is 0 Å². The van der Waals surface area contributed by atoms with Crippen LogP contribution in [0.15, 0.2) is 0 Å².